The lowest BCUT2D eigenvalue weighted by molar-refractivity contribution is -0.131. The molecule has 1 unspecified atom stereocenters. The molecule has 1 aliphatic carbocycles. The number of rotatable bonds is 7. The minimum absolute atomic E-state index is 0.212. The quantitative estimate of drug-likeness (QED) is 0.767. The summed E-state index contributed by atoms with van der Waals surface area (Å²) in [6.45, 7) is 0.864. The Morgan fingerprint density at radius 3 is 3.00 bits per heavy atom. The standard InChI is InChI=1S/C20H26N4O2/c1-26-18-6-2-4-15(12-18)13-20(25)23-11-3-5-16(23)9-10-19-22-21-14-24(19)17-7-8-17/h2,4,6,12,14,16-17H,3,5,7-11,13H2,1H3. The molecule has 6 nitrogen and oxygen atoms in total. The Labute approximate surface area is 154 Å². The van der Waals surface area contributed by atoms with E-state index in [4.69, 9.17) is 4.74 Å². The van der Waals surface area contributed by atoms with Gasteiger partial charge in [-0.05, 0) is 49.8 Å². The molecule has 0 N–H and O–H groups in total. The van der Waals surface area contributed by atoms with Gasteiger partial charge in [0.15, 0.2) is 0 Å². The van der Waals surface area contributed by atoms with Crippen molar-refractivity contribution < 1.29 is 9.53 Å². The fourth-order valence-corrected chi connectivity index (χ4v) is 3.92. The van der Waals surface area contributed by atoms with Gasteiger partial charge in [0, 0.05) is 25.0 Å². The van der Waals surface area contributed by atoms with Crippen LogP contribution in [0.1, 0.15) is 49.5 Å². The van der Waals surface area contributed by atoms with Crippen molar-refractivity contribution in [3.05, 3.63) is 42.0 Å². The molecule has 26 heavy (non-hydrogen) atoms. The summed E-state index contributed by atoms with van der Waals surface area (Å²) in [5.41, 5.74) is 1.01. The molecule has 1 aromatic heterocycles. The maximum absolute atomic E-state index is 12.8. The van der Waals surface area contributed by atoms with E-state index in [0.717, 1.165) is 49.4 Å². The van der Waals surface area contributed by atoms with Crippen molar-refractivity contribution in [2.45, 2.75) is 57.0 Å². The maximum Gasteiger partial charge on any atom is 0.227 e. The first-order chi connectivity index (χ1) is 12.7. The van der Waals surface area contributed by atoms with Crippen LogP contribution in [-0.2, 0) is 17.6 Å². The monoisotopic (exact) mass is 354 g/mol. The van der Waals surface area contributed by atoms with Crippen LogP contribution in [-0.4, -0.2) is 45.3 Å². The SMILES string of the molecule is COc1cccc(CC(=O)N2CCCC2CCc2nncn2C2CC2)c1. The highest BCUT2D eigenvalue weighted by Gasteiger charge is 2.30. The Morgan fingerprint density at radius 1 is 1.31 bits per heavy atom. The van der Waals surface area contributed by atoms with Crippen molar-refractivity contribution in [2.75, 3.05) is 13.7 Å². The van der Waals surface area contributed by atoms with E-state index in [-0.39, 0.29) is 5.91 Å². The van der Waals surface area contributed by atoms with E-state index in [2.05, 4.69) is 19.7 Å². The second-order valence-corrected chi connectivity index (χ2v) is 7.34. The fraction of sp³-hybridized carbons (Fsp3) is 0.550. The molecule has 1 saturated carbocycles. The first kappa shape index (κ1) is 17.1. The lowest BCUT2D eigenvalue weighted by atomic mass is 10.1. The Bertz CT molecular complexity index is 769. The number of aromatic nitrogens is 3. The number of methoxy groups -OCH3 is 1. The second kappa shape index (κ2) is 7.48. The molecule has 1 aliphatic heterocycles. The predicted molar refractivity (Wildman–Crippen MR) is 98.0 cm³/mol. The number of hydrogen-bond donors (Lipinski definition) is 0. The van der Waals surface area contributed by atoms with E-state index in [1.165, 1.54) is 12.8 Å². The highest BCUT2D eigenvalue weighted by Crippen LogP contribution is 2.35. The number of hydrogen-bond acceptors (Lipinski definition) is 4. The van der Waals surface area contributed by atoms with Gasteiger partial charge in [-0.25, -0.2) is 0 Å². The summed E-state index contributed by atoms with van der Waals surface area (Å²) in [7, 11) is 1.65. The molecule has 1 aromatic carbocycles. The fourth-order valence-electron chi connectivity index (χ4n) is 3.92. The van der Waals surface area contributed by atoms with Gasteiger partial charge in [0.05, 0.1) is 13.5 Å². The highest BCUT2D eigenvalue weighted by atomic mass is 16.5. The van der Waals surface area contributed by atoms with Crippen molar-refractivity contribution in [1.29, 1.82) is 0 Å². The third kappa shape index (κ3) is 3.74. The number of carbonyl (C=O) groups is 1. The van der Waals surface area contributed by atoms with Gasteiger partial charge >= 0.3 is 0 Å². The summed E-state index contributed by atoms with van der Waals surface area (Å²) in [6.07, 6.45) is 8.79. The van der Waals surface area contributed by atoms with Gasteiger partial charge in [-0.1, -0.05) is 12.1 Å². The molecule has 2 aromatic rings. The Kier molecular flexibility index (Phi) is 4.91. The predicted octanol–water partition coefficient (Wildman–Crippen LogP) is 2.79. The van der Waals surface area contributed by atoms with Gasteiger partial charge < -0.3 is 14.2 Å². The molecular formula is C20H26N4O2. The Balaban J connectivity index is 1.36. The maximum atomic E-state index is 12.8. The van der Waals surface area contributed by atoms with Gasteiger partial charge in [-0.2, -0.15) is 0 Å². The molecular weight excluding hydrogens is 328 g/mol. The molecule has 0 spiro atoms. The third-order valence-corrected chi connectivity index (χ3v) is 5.48. The van der Waals surface area contributed by atoms with Crippen molar-refractivity contribution in [1.82, 2.24) is 19.7 Å². The number of likely N-dealkylation sites (tertiary alicyclic amines) is 1. The van der Waals surface area contributed by atoms with E-state index < -0.39 is 0 Å². The molecule has 138 valence electrons. The number of nitrogens with zero attached hydrogens (tertiary/aromatic N) is 4. The summed E-state index contributed by atoms with van der Waals surface area (Å²) in [5, 5.41) is 8.37. The number of ether oxygens (including phenoxy) is 1. The van der Waals surface area contributed by atoms with E-state index in [9.17, 15) is 4.79 Å². The highest BCUT2D eigenvalue weighted by molar-refractivity contribution is 5.79. The number of aryl methyl sites for hydroxylation is 1. The molecule has 4 rings (SSSR count). The summed E-state index contributed by atoms with van der Waals surface area (Å²) >= 11 is 0. The van der Waals surface area contributed by atoms with Gasteiger partial charge in [-0.3, -0.25) is 4.79 Å². The van der Waals surface area contributed by atoms with Crippen LogP contribution >= 0.6 is 0 Å². The Morgan fingerprint density at radius 2 is 2.19 bits per heavy atom. The molecule has 0 bridgehead atoms. The van der Waals surface area contributed by atoms with Crippen LogP contribution < -0.4 is 4.74 Å². The van der Waals surface area contributed by atoms with Crippen molar-refractivity contribution >= 4 is 5.91 Å². The average molecular weight is 354 g/mol. The zero-order valence-corrected chi connectivity index (χ0v) is 15.3. The molecule has 1 amide bonds. The normalized spacial score (nSPS) is 19.7. The lowest BCUT2D eigenvalue weighted by Gasteiger charge is -2.25. The first-order valence-electron chi connectivity index (χ1n) is 9.55. The summed E-state index contributed by atoms with van der Waals surface area (Å²) in [5.74, 6) is 2.08. The van der Waals surface area contributed by atoms with Gasteiger partial charge in [0.2, 0.25) is 5.91 Å². The molecule has 2 heterocycles. The van der Waals surface area contributed by atoms with Crippen LogP contribution in [0.4, 0.5) is 0 Å². The average Bonchev–Trinajstić information content (AvgIpc) is 3.20. The Hall–Kier alpha value is -2.37. The van der Waals surface area contributed by atoms with Crippen molar-refractivity contribution in [3.63, 3.8) is 0 Å². The van der Waals surface area contributed by atoms with E-state index >= 15 is 0 Å². The molecule has 2 fully saturated rings. The number of benzene rings is 1. The second-order valence-electron chi connectivity index (χ2n) is 7.34. The van der Waals surface area contributed by atoms with E-state index in [0.29, 0.717) is 18.5 Å². The third-order valence-electron chi connectivity index (χ3n) is 5.48. The van der Waals surface area contributed by atoms with Gasteiger partial charge in [0.25, 0.3) is 0 Å². The van der Waals surface area contributed by atoms with Crippen LogP contribution in [0.25, 0.3) is 0 Å². The van der Waals surface area contributed by atoms with Crippen LogP contribution in [0.3, 0.4) is 0 Å². The lowest BCUT2D eigenvalue weighted by Crippen LogP contribution is -2.37. The summed E-state index contributed by atoms with van der Waals surface area (Å²) in [6, 6.07) is 8.70. The van der Waals surface area contributed by atoms with Crippen LogP contribution in [0.5, 0.6) is 5.75 Å². The van der Waals surface area contributed by atoms with E-state index in [1.54, 1.807) is 7.11 Å². The molecule has 1 saturated heterocycles. The van der Waals surface area contributed by atoms with Crippen LogP contribution in [0, 0.1) is 0 Å². The van der Waals surface area contributed by atoms with Gasteiger partial charge in [-0.15, -0.1) is 10.2 Å². The molecule has 1 atom stereocenters. The summed E-state index contributed by atoms with van der Waals surface area (Å²) in [4.78, 5) is 14.9. The minimum Gasteiger partial charge on any atom is -0.497 e. The van der Waals surface area contributed by atoms with Crippen molar-refractivity contribution in [2.24, 2.45) is 0 Å². The number of amides is 1. The molecule has 6 heteroatoms. The van der Waals surface area contributed by atoms with Crippen LogP contribution in [0.2, 0.25) is 0 Å². The van der Waals surface area contributed by atoms with Crippen molar-refractivity contribution in [3.8, 4) is 5.75 Å². The van der Waals surface area contributed by atoms with Gasteiger partial charge in [0.1, 0.15) is 17.9 Å². The largest absolute Gasteiger partial charge is 0.497 e. The first-order valence-corrected chi connectivity index (χ1v) is 9.55. The summed E-state index contributed by atoms with van der Waals surface area (Å²) < 4.78 is 7.48. The smallest absolute Gasteiger partial charge is 0.227 e. The topological polar surface area (TPSA) is 60.2 Å². The molecule has 0 radical (unpaired) electrons. The zero-order chi connectivity index (χ0) is 17.9. The number of carbonyl (C=O) groups excluding carboxylic acids is 1. The molecule has 2 aliphatic rings. The zero-order valence-electron chi connectivity index (χ0n) is 15.3. The van der Waals surface area contributed by atoms with E-state index in [1.807, 2.05) is 30.6 Å². The van der Waals surface area contributed by atoms with Crippen LogP contribution in [0.15, 0.2) is 30.6 Å². The minimum atomic E-state index is 0.212.